The number of hydrogen-bond acceptors (Lipinski definition) is 3. The molecular formula is C19H19ClN2O3. The van der Waals surface area contributed by atoms with Crippen LogP contribution in [0.15, 0.2) is 48.5 Å². The normalized spacial score (nSPS) is 15.0. The SMILES string of the molecule is O=C(NC1CCN(C(=O)c2ccccc2O)CC1)c1ccccc1Cl. The summed E-state index contributed by atoms with van der Waals surface area (Å²) >= 11 is 6.05. The standard InChI is InChI=1S/C19H19ClN2O3/c20-16-7-3-1-5-14(16)18(24)21-13-9-11-22(12-10-13)19(25)15-6-2-4-8-17(15)23/h1-8,13,23H,9-12H2,(H,21,24). The molecule has 2 aromatic rings. The van der Waals surface area contributed by atoms with Crippen molar-refractivity contribution in [3.05, 3.63) is 64.7 Å². The molecule has 3 rings (SSSR count). The van der Waals surface area contributed by atoms with Gasteiger partial charge in [-0.1, -0.05) is 35.9 Å². The predicted octanol–water partition coefficient (Wildman–Crippen LogP) is 3.08. The van der Waals surface area contributed by atoms with Gasteiger partial charge >= 0.3 is 0 Å². The number of halogens is 1. The van der Waals surface area contributed by atoms with Crippen molar-refractivity contribution < 1.29 is 14.7 Å². The molecule has 1 fully saturated rings. The van der Waals surface area contributed by atoms with Crippen LogP contribution in [0, 0.1) is 0 Å². The molecule has 0 bridgehead atoms. The van der Waals surface area contributed by atoms with Crippen LogP contribution in [0.5, 0.6) is 5.75 Å². The fourth-order valence-corrected chi connectivity index (χ4v) is 3.18. The van der Waals surface area contributed by atoms with E-state index >= 15 is 0 Å². The molecule has 1 aliphatic heterocycles. The number of para-hydroxylation sites is 1. The predicted molar refractivity (Wildman–Crippen MR) is 96.0 cm³/mol. The third-order valence-electron chi connectivity index (χ3n) is 4.37. The minimum absolute atomic E-state index is 0.00260. The van der Waals surface area contributed by atoms with Crippen LogP contribution in [0.25, 0.3) is 0 Å². The highest BCUT2D eigenvalue weighted by Crippen LogP contribution is 2.21. The molecule has 0 saturated carbocycles. The summed E-state index contributed by atoms with van der Waals surface area (Å²) in [5.74, 6) is -0.397. The Balaban J connectivity index is 1.57. The molecule has 1 saturated heterocycles. The minimum Gasteiger partial charge on any atom is -0.507 e. The molecule has 0 unspecified atom stereocenters. The van der Waals surface area contributed by atoms with Crippen molar-refractivity contribution in [2.75, 3.05) is 13.1 Å². The Kier molecular flexibility index (Phi) is 5.24. The average Bonchev–Trinajstić information content (AvgIpc) is 2.62. The Bertz CT molecular complexity index is 786. The van der Waals surface area contributed by atoms with E-state index in [1.165, 1.54) is 6.07 Å². The molecule has 2 aromatic carbocycles. The summed E-state index contributed by atoms with van der Waals surface area (Å²) in [5.41, 5.74) is 0.762. The number of nitrogens with zero attached hydrogens (tertiary/aromatic N) is 1. The lowest BCUT2D eigenvalue weighted by Gasteiger charge is -2.32. The number of aromatic hydroxyl groups is 1. The van der Waals surface area contributed by atoms with Crippen LogP contribution >= 0.6 is 11.6 Å². The van der Waals surface area contributed by atoms with Gasteiger partial charge in [-0.05, 0) is 37.1 Å². The van der Waals surface area contributed by atoms with Crippen LogP contribution in [-0.4, -0.2) is 41.0 Å². The van der Waals surface area contributed by atoms with Crippen molar-refractivity contribution in [1.29, 1.82) is 0 Å². The number of nitrogens with one attached hydrogen (secondary N) is 1. The van der Waals surface area contributed by atoms with E-state index in [1.807, 2.05) is 0 Å². The lowest BCUT2D eigenvalue weighted by Crippen LogP contribution is -2.46. The zero-order valence-electron chi connectivity index (χ0n) is 13.6. The lowest BCUT2D eigenvalue weighted by molar-refractivity contribution is 0.0695. The van der Waals surface area contributed by atoms with Gasteiger partial charge in [0.05, 0.1) is 16.1 Å². The molecule has 1 aliphatic rings. The van der Waals surface area contributed by atoms with Gasteiger partial charge in [-0.2, -0.15) is 0 Å². The van der Waals surface area contributed by atoms with Gasteiger partial charge in [-0.15, -0.1) is 0 Å². The highest BCUT2D eigenvalue weighted by Gasteiger charge is 2.26. The van der Waals surface area contributed by atoms with Gasteiger partial charge in [-0.3, -0.25) is 9.59 Å². The molecule has 5 nitrogen and oxygen atoms in total. The third kappa shape index (κ3) is 3.94. The van der Waals surface area contributed by atoms with Gasteiger partial charge in [-0.25, -0.2) is 0 Å². The van der Waals surface area contributed by atoms with E-state index in [0.717, 1.165) is 0 Å². The van der Waals surface area contributed by atoms with Crippen LogP contribution in [0.2, 0.25) is 5.02 Å². The molecule has 2 N–H and O–H groups in total. The van der Waals surface area contributed by atoms with Crippen LogP contribution in [0.1, 0.15) is 33.6 Å². The Labute approximate surface area is 151 Å². The van der Waals surface area contributed by atoms with Gasteiger partial charge < -0.3 is 15.3 Å². The molecule has 0 atom stereocenters. The summed E-state index contributed by atoms with van der Waals surface area (Å²) < 4.78 is 0. The Morgan fingerprint density at radius 2 is 1.60 bits per heavy atom. The summed E-state index contributed by atoms with van der Waals surface area (Å²) in [5, 5.41) is 13.2. The molecule has 6 heteroatoms. The van der Waals surface area contributed by atoms with E-state index in [4.69, 9.17) is 11.6 Å². The van der Waals surface area contributed by atoms with Gasteiger partial charge in [0.15, 0.2) is 0 Å². The number of carbonyl (C=O) groups excluding carboxylic acids is 2. The van der Waals surface area contributed by atoms with E-state index in [2.05, 4.69) is 5.32 Å². The number of phenols is 1. The third-order valence-corrected chi connectivity index (χ3v) is 4.70. The number of hydrogen-bond donors (Lipinski definition) is 2. The summed E-state index contributed by atoms with van der Waals surface area (Å²) in [7, 11) is 0. The van der Waals surface area contributed by atoms with Crippen LogP contribution in [0.3, 0.4) is 0 Å². The first-order valence-corrected chi connectivity index (χ1v) is 8.56. The lowest BCUT2D eigenvalue weighted by atomic mass is 10.0. The number of likely N-dealkylation sites (tertiary alicyclic amines) is 1. The van der Waals surface area contributed by atoms with Crippen LogP contribution in [0.4, 0.5) is 0 Å². The minimum atomic E-state index is -0.198. The van der Waals surface area contributed by atoms with E-state index in [1.54, 1.807) is 47.4 Å². The number of phenolic OH excluding ortho intramolecular Hbond substituents is 1. The first kappa shape index (κ1) is 17.3. The second-order valence-corrected chi connectivity index (χ2v) is 6.44. The second-order valence-electron chi connectivity index (χ2n) is 6.04. The summed E-state index contributed by atoms with van der Waals surface area (Å²) in [6.45, 7) is 1.06. The van der Waals surface area contributed by atoms with Crippen molar-refractivity contribution in [2.45, 2.75) is 18.9 Å². The van der Waals surface area contributed by atoms with Crippen molar-refractivity contribution in [1.82, 2.24) is 10.2 Å². The average molecular weight is 359 g/mol. The van der Waals surface area contributed by atoms with Crippen LogP contribution in [-0.2, 0) is 0 Å². The van der Waals surface area contributed by atoms with Crippen LogP contribution < -0.4 is 5.32 Å². The monoisotopic (exact) mass is 358 g/mol. The molecule has 0 aliphatic carbocycles. The van der Waals surface area contributed by atoms with Gasteiger partial charge in [0, 0.05) is 19.1 Å². The number of rotatable bonds is 3. The maximum atomic E-state index is 12.5. The number of carbonyl (C=O) groups is 2. The maximum Gasteiger partial charge on any atom is 0.257 e. The first-order valence-electron chi connectivity index (χ1n) is 8.19. The fraction of sp³-hybridized carbons (Fsp3) is 0.263. The van der Waals surface area contributed by atoms with Crippen molar-refractivity contribution >= 4 is 23.4 Å². The molecule has 0 radical (unpaired) electrons. The second kappa shape index (κ2) is 7.57. The number of piperidine rings is 1. The van der Waals surface area contributed by atoms with E-state index < -0.39 is 0 Å². The molecule has 25 heavy (non-hydrogen) atoms. The summed E-state index contributed by atoms with van der Waals surface area (Å²) in [6, 6.07) is 13.4. The fourth-order valence-electron chi connectivity index (χ4n) is 2.96. The van der Waals surface area contributed by atoms with E-state index in [9.17, 15) is 14.7 Å². The van der Waals surface area contributed by atoms with E-state index in [-0.39, 0.29) is 23.6 Å². The molecule has 0 aromatic heterocycles. The highest BCUT2D eigenvalue weighted by molar-refractivity contribution is 6.33. The largest absolute Gasteiger partial charge is 0.507 e. The zero-order valence-corrected chi connectivity index (χ0v) is 14.4. The first-order chi connectivity index (χ1) is 12.1. The van der Waals surface area contributed by atoms with Gasteiger partial charge in [0.1, 0.15) is 5.75 Å². The van der Waals surface area contributed by atoms with Gasteiger partial charge in [0.2, 0.25) is 0 Å². The van der Waals surface area contributed by atoms with E-state index in [0.29, 0.717) is 42.1 Å². The number of benzene rings is 2. The van der Waals surface area contributed by atoms with Crippen molar-refractivity contribution in [3.63, 3.8) is 0 Å². The molecule has 1 heterocycles. The van der Waals surface area contributed by atoms with Crippen molar-refractivity contribution in [3.8, 4) is 5.75 Å². The molecular weight excluding hydrogens is 340 g/mol. The zero-order chi connectivity index (χ0) is 17.8. The van der Waals surface area contributed by atoms with Crippen molar-refractivity contribution in [2.24, 2.45) is 0 Å². The Hall–Kier alpha value is -2.53. The summed E-state index contributed by atoms with van der Waals surface area (Å²) in [4.78, 5) is 26.5. The number of amides is 2. The highest BCUT2D eigenvalue weighted by atomic mass is 35.5. The Morgan fingerprint density at radius 1 is 1.00 bits per heavy atom. The van der Waals surface area contributed by atoms with Gasteiger partial charge in [0.25, 0.3) is 11.8 Å². The molecule has 2 amide bonds. The maximum absolute atomic E-state index is 12.5. The molecule has 130 valence electrons. The quantitative estimate of drug-likeness (QED) is 0.885. The molecule has 0 spiro atoms. The Morgan fingerprint density at radius 3 is 2.24 bits per heavy atom. The topological polar surface area (TPSA) is 69.6 Å². The summed E-state index contributed by atoms with van der Waals surface area (Å²) in [6.07, 6.45) is 1.32. The smallest absolute Gasteiger partial charge is 0.257 e.